The molecule has 2 atom stereocenters. The number of aromatic nitrogens is 1. The fraction of sp³-hybridized carbons (Fsp3) is 0.462. The minimum Gasteiger partial charge on any atom is -0.365 e. The molecule has 1 fully saturated rings. The Morgan fingerprint density at radius 1 is 1.06 bits per heavy atom. The quantitative estimate of drug-likeness (QED) is 0.551. The van der Waals surface area contributed by atoms with E-state index in [1.165, 1.54) is 17.7 Å². The molecule has 0 radical (unpaired) electrons. The second-order valence-electron chi connectivity index (χ2n) is 9.60. The van der Waals surface area contributed by atoms with Crippen LogP contribution in [0.4, 0.5) is 8.78 Å². The summed E-state index contributed by atoms with van der Waals surface area (Å²) in [5, 5.41) is 0.984. The van der Waals surface area contributed by atoms with Gasteiger partial charge in [-0.05, 0) is 94.1 Å². The number of hydrogen-bond donors (Lipinski definition) is 1. The Morgan fingerprint density at radius 3 is 2.52 bits per heavy atom. The molecule has 0 saturated heterocycles. The summed E-state index contributed by atoms with van der Waals surface area (Å²) in [6, 6.07) is 12.2. The summed E-state index contributed by atoms with van der Waals surface area (Å²) in [5.41, 5.74) is 4.01. The molecule has 5 heteroatoms. The Bertz CT molecular complexity index is 1100. The number of halogens is 2. The first kappa shape index (κ1) is 20.7. The summed E-state index contributed by atoms with van der Waals surface area (Å²) in [5.74, 6) is 0.0414. The van der Waals surface area contributed by atoms with Crippen LogP contribution in [0, 0.1) is 17.6 Å². The van der Waals surface area contributed by atoms with Crippen molar-refractivity contribution in [1.29, 1.82) is 0 Å². The maximum atomic E-state index is 13.9. The average molecular weight is 425 g/mol. The van der Waals surface area contributed by atoms with Crippen LogP contribution in [-0.2, 0) is 16.8 Å². The number of rotatable bonds is 3. The molecule has 3 nitrogen and oxygen atoms in total. The third kappa shape index (κ3) is 3.58. The monoisotopic (exact) mass is 424 g/mol. The number of aromatic amines is 1. The first-order chi connectivity index (χ1) is 14.9. The van der Waals surface area contributed by atoms with Crippen molar-refractivity contribution in [1.82, 2.24) is 9.88 Å². The van der Waals surface area contributed by atoms with Gasteiger partial charge in [0, 0.05) is 23.4 Å². The second kappa shape index (κ2) is 7.72. The lowest BCUT2D eigenvalue weighted by atomic mass is 9.71. The number of nitrogens with zero attached hydrogens (tertiary/aromatic N) is 1. The molecule has 1 aliphatic carbocycles. The third-order valence-corrected chi connectivity index (χ3v) is 7.27. The number of hydrogen-bond acceptors (Lipinski definition) is 2. The summed E-state index contributed by atoms with van der Waals surface area (Å²) < 4.78 is 34.5. The van der Waals surface area contributed by atoms with Crippen molar-refractivity contribution in [2.75, 3.05) is 14.1 Å². The van der Waals surface area contributed by atoms with E-state index in [1.54, 1.807) is 18.2 Å². The van der Waals surface area contributed by atoms with Gasteiger partial charge in [-0.2, -0.15) is 0 Å². The van der Waals surface area contributed by atoms with E-state index in [4.69, 9.17) is 4.74 Å². The van der Waals surface area contributed by atoms with Crippen LogP contribution in [0.2, 0.25) is 0 Å². The zero-order valence-corrected chi connectivity index (χ0v) is 18.4. The van der Waals surface area contributed by atoms with E-state index in [1.807, 2.05) is 12.1 Å². The molecule has 2 heterocycles. The predicted molar refractivity (Wildman–Crippen MR) is 119 cm³/mol. The predicted octanol–water partition coefficient (Wildman–Crippen LogP) is 6.10. The maximum absolute atomic E-state index is 13.9. The van der Waals surface area contributed by atoms with Gasteiger partial charge < -0.3 is 14.6 Å². The Labute approximate surface area is 182 Å². The van der Waals surface area contributed by atoms with E-state index in [0.29, 0.717) is 5.92 Å². The molecule has 2 aliphatic rings. The zero-order chi connectivity index (χ0) is 21.8. The second-order valence-corrected chi connectivity index (χ2v) is 9.60. The van der Waals surface area contributed by atoms with Gasteiger partial charge in [-0.3, -0.25) is 0 Å². The molecule has 1 N–H and O–H groups in total. The van der Waals surface area contributed by atoms with Crippen LogP contribution in [0.25, 0.3) is 10.9 Å². The fourth-order valence-corrected chi connectivity index (χ4v) is 6.07. The molecule has 2 unspecified atom stereocenters. The van der Waals surface area contributed by atoms with E-state index >= 15 is 0 Å². The number of H-pyrrole nitrogens is 1. The van der Waals surface area contributed by atoms with Crippen molar-refractivity contribution in [2.24, 2.45) is 5.92 Å². The van der Waals surface area contributed by atoms with Gasteiger partial charge in [0.05, 0.1) is 11.8 Å². The van der Waals surface area contributed by atoms with Crippen molar-refractivity contribution >= 4 is 10.9 Å². The standard InChI is InChI=1S/C26H30F2N2O/c1-16-13-22-21-15-20(28)7-8-23(21)29-25(22)26(31-16)11-9-17(10-12-26)24(30(2)3)18-5-4-6-19(27)14-18/h4-8,14-17,24,29H,9-13H2,1-3H3. The number of benzene rings is 2. The summed E-state index contributed by atoms with van der Waals surface area (Å²) in [6.07, 6.45) is 4.70. The summed E-state index contributed by atoms with van der Waals surface area (Å²) in [6.45, 7) is 2.12. The lowest BCUT2D eigenvalue weighted by molar-refractivity contribution is -0.135. The molecule has 31 heavy (non-hydrogen) atoms. The minimum absolute atomic E-state index is 0.0965. The van der Waals surface area contributed by atoms with Crippen molar-refractivity contribution in [3.8, 4) is 0 Å². The first-order valence-electron chi connectivity index (χ1n) is 11.3. The molecule has 3 aromatic rings. The topological polar surface area (TPSA) is 28.3 Å². The number of ether oxygens (including phenoxy) is 1. The molecule has 5 rings (SSSR count). The van der Waals surface area contributed by atoms with Crippen molar-refractivity contribution in [2.45, 2.75) is 56.8 Å². The van der Waals surface area contributed by atoms with Gasteiger partial charge in [-0.1, -0.05) is 12.1 Å². The van der Waals surface area contributed by atoms with E-state index in [0.717, 1.165) is 54.3 Å². The van der Waals surface area contributed by atoms with Gasteiger partial charge in [0.25, 0.3) is 0 Å². The first-order valence-corrected chi connectivity index (χ1v) is 11.3. The number of fused-ring (bicyclic) bond motifs is 4. The molecular formula is C26H30F2N2O. The van der Waals surface area contributed by atoms with Crippen LogP contribution in [0.15, 0.2) is 42.5 Å². The fourth-order valence-electron chi connectivity index (χ4n) is 6.07. The van der Waals surface area contributed by atoms with E-state index < -0.39 is 0 Å². The SMILES string of the molecule is CC1Cc2c([nH]c3ccc(F)cc23)C2(CCC(C(c3cccc(F)c3)N(C)C)CC2)O1. The smallest absolute Gasteiger partial charge is 0.123 e. The van der Waals surface area contributed by atoms with Gasteiger partial charge in [0.1, 0.15) is 17.2 Å². The molecule has 1 aliphatic heterocycles. The van der Waals surface area contributed by atoms with Gasteiger partial charge in [-0.25, -0.2) is 8.78 Å². The Hall–Kier alpha value is -2.24. The van der Waals surface area contributed by atoms with Crippen LogP contribution >= 0.6 is 0 Å². The van der Waals surface area contributed by atoms with Crippen molar-refractivity contribution in [3.63, 3.8) is 0 Å². The Morgan fingerprint density at radius 2 is 1.81 bits per heavy atom. The van der Waals surface area contributed by atoms with Crippen LogP contribution in [0.3, 0.4) is 0 Å². The van der Waals surface area contributed by atoms with Gasteiger partial charge in [0.15, 0.2) is 0 Å². The normalized spacial score (nSPS) is 27.0. The lowest BCUT2D eigenvalue weighted by Gasteiger charge is -2.47. The molecule has 0 bridgehead atoms. The van der Waals surface area contributed by atoms with Gasteiger partial charge in [0.2, 0.25) is 0 Å². The van der Waals surface area contributed by atoms with Crippen molar-refractivity contribution < 1.29 is 13.5 Å². The largest absolute Gasteiger partial charge is 0.365 e. The summed E-state index contributed by atoms with van der Waals surface area (Å²) >= 11 is 0. The molecule has 1 aromatic heterocycles. The van der Waals surface area contributed by atoms with E-state index in [-0.39, 0.29) is 29.4 Å². The zero-order valence-electron chi connectivity index (χ0n) is 18.4. The molecule has 0 amide bonds. The highest BCUT2D eigenvalue weighted by Gasteiger charge is 2.46. The van der Waals surface area contributed by atoms with Crippen LogP contribution < -0.4 is 0 Å². The summed E-state index contributed by atoms with van der Waals surface area (Å²) in [7, 11) is 4.15. The van der Waals surface area contributed by atoms with Crippen LogP contribution in [0.5, 0.6) is 0 Å². The highest BCUT2D eigenvalue weighted by Crippen LogP contribution is 2.51. The highest BCUT2D eigenvalue weighted by atomic mass is 19.1. The Balaban J connectivity index is 1.46. The van der Waals surface area contributed by atoms with Crippen molar-refractivity contribution in [3.05, 3.63) is 70.9 Å². The van der Waals surface area contributed by atoms with E-state index in [9.17, 15) is 8.78 Å². The molecule has 1 saturated carbocycles. The number of nitrogens with one attached hydrogen (secondary N) is 1. The highest BCUT2D eigenvalue weighted by molar-refractivity contribution is 5.85. The third-order valence-electron chi connectivity index (χ3n) is 7.27. The molecule has 2 aromatic carbocycles. The van der Waals surface area contributed by atoms with E-state index in [2.05, 4.69) is 30.9 Å². The Kier molecular flexibility index (Phi) is 5.14. The van der Waals surface area contributed by atoms with Crippen LogP contribution in [0.1, 0.15) is 55.5 Å². The van der Waals surface area contributed by atoms with Gasteiger partial charge in [-0.15, -0.1) is 0 Å². The molecular weight excluding hydrogens is 394 g/mol. The minimum atomic E-state index is -0.349. The molecule has 1 spiro atoms. The maximum Gasteiger partial charge on any atom is 0.123 e. The van der Waals surface area contributed by atoms with Gasteiger partial charge >= 0.3 is 0 Å². The van der Waals surface area contributed by atoms with Crippen LogP contribution in [-0.4, -0.2) is 30.1 Å². The lowest BCUT2D eigenvalue weighted by Crippen LogP contribution is -2.44. The molecule has 164 valence electrons. The summed E-state index contributed by atoms with van der Waals surface area (Å²) in [4.78, 5) is 5.79. The average Bonchev–Trinajstić information content (AvgIpc) is 3.08.